The number of carbonyl (C=O) groups excluding carboxylic acids is 2. The Kier molecular flexibility index (Phi) is 6.18. The molecule has 9 heteroatoms. The van der Waals surface area contributed by atoms with Crippen molar-refractivity contribution in [2.45, 2.75) is 13.3 Å². The molecule has 0 saturated heterocycles. The number of ether oxygens (including phenoxy) is 1. The number of amides is 2. The first-order valence-electron chi connectivity index (χ1n) is 6.44. The summed E-state index contributed by atoms with van der Waals surface area (Å²) in [6.07, 6.45) is 2.21. The van der Waals surface area contributed by atoms with Gasteiger partial charge in [0.15, 0.2) is 11.6 Å². The van der Waals surface area contributed by atoms with Crippen LogP contribution in [0.1, 0.15) is 13.3 Å². The van der Waals surface area contributed by atoms with Gasteiger partial charge >= 0.3 is 0 Å². The number of anilines is 2. The molecule has 0 aliphatic rings. The number of nitrogens with one attached hydrogen (secondary N) is 1. The summed E-state index contributed by atoms with van der Waals surface area (Å²) in [5, 5.41) is 3.08. The van der Waals surface area contributed by atoms with E-state index in [-0.39, 0.29) is 18.9 Å². The van der Waals surface area contributed by atoms with Gasteiger partial charge in [-0.3, -0.25) is 9.59 Å². The van der Waals surface area contributed by atoms with Crippen LogP contribution in [0, 0.1) is 0 Å². The number of rotatable bonds is 9. The Labute approximate surface area is 122 Å². The highest BCUT2D eigenvalue weighted by Gasteiger charge is 2.21. The van der Waals surface area contributed by atoms with Crippen LogP contribution in [0.4, 0.5) is 11.6 Å². The lowest BCUT2D eigenvalue weighted by atomic mass is 10.3. The van der Waals surface area contributed by atoms with Crippen molar-refractivity contribution in [1.82, 2.24) is 9.97 Å². The van der Waals surface area contributed by atoms with E-state index in [1.54, 1.807) is 0 Å². The summed E-state index contributed by atoms with van der Waals surface area (Å²) >= 11 is 0. The lowest BCUT2D eigenvalue weighted by Crippen LogP contribution is -2.40. The van der Waals surface area contributed by atoms with E-state index in [1.807, 2.05) is 6.92 Å². The van der Waals surface area contributed by atoms with Gasteiger partial charge < -0.3 is 26.4 Å². The zero-order chi connectivity index (χ0) is 15.8. The van der Waals surface area contributed by atoms with Gasteiger partial charge in [-0.15, -0.1) is 0 Å². The molecule has 0 spiro atoms. The summed E-state index contributed by atoms with van der Waals surface area (Å²) in [6.45, 7) is 2.29. The van der Waals surface area contributed by atoms with E-state index in [4.69, 9.17) is 16.2 Å². The SMILES string of the molecule is CCCNc1ncnc(N(CC(N)=O)CC(N)=O)c1OC. The van der Waals surface area contributed by atoms with Crippen molar-refractivity contribution in [3.05, 3.63) is 6.33 Å². The van der Waals surface area contributed by atoms with Gasteiger partial charge in [-0.25, -0.2) is 9.97 Å². The molecule has 0 aromatic carbocycles. The first kappa shape index (κ1) is 16.5. The van der Waals surface area contributed by atoms with Crippen LogP contribution in [0.2, 0.25) is 0 Å². The van der Waals surface area contributed by atoms with Gasteiger partial charge in [-0.2, -0.15) is 0 Å². The fraction of sp³-hybridized carbons (Fsp3) is 0.500. The Morgan fingerprint density at radius 2 is 1.90 bits per heavy atom. The first-order valence-corrected chi connectivity index (χ1v) is 6.44. The smallest absolute Gasteiger partial charge is 0.237 e. The Morgan fingerprint density at radius 1 is 1.29 bits per heavy atom. The topological polar surface area (TPSA) is 136 Å². The normalized spacial score (nSPS) is 10.0. The average Bonchev–Trinajstić information content (AvgIpc) is 2.42. The molecule has 116 valence electrons. The second-order valence-electron chi connectivity index (χ2n) is 4.29. The van der Waals surface area contributed by atoms with Crippen molar-refractivity contribution in [3.8, 4) is 5.75 Å². The molecule has 9 nitrogen and oxygen atoms in total. The Morgan fingerprint density at radius 3 is 2.38 bits per heavy atom. The summed E-state index contributed by atoms with van der Waals surface area (Å²) in [4.78, 5) is 31.8. The van der Waals surface area contributed by atoms with Gasteiger partial charge in [0.05, 0.1) is 20.2 Å². The minimum Gasteiger partial charge on any atom is -0.490 e. The molecule has 21 heavy (non-hydrogen) atoms. The zero-order valence-corrected chi connectivity index (χ0v) is 12.1. The van der Waals surface area contributed by atoms with Crippen molar-refractivity contribution in [3.63, 3.8) is 0 Å². The molecule has 2 amide bonds. The third-order valence-corrected chi connectivity index (χ3v) is 2.52. The number of nitrogens with zero attached hydrogens (tertiary/aromatic N) is 3. The summed E-state index contributed by atoms with van der Waals surface area (Å²) < 4.78 is 5.28. The number of hydrogen-bond donors (Lipinski definition) is 3. The van der Waals surface area contributed by atoms with Crippen molar-refractivity contribution in [1.29, 1.82) is 0 Å². The molecule has 1 aromatic heterocycles. The van der Waals surface area contributed by atoms with E-state index in [2.05, 4.69) is 15.3 Å². The average molecular weight is 296 g/mol. The molecule has 0 aliphatic heterocycles. The maximum absolute atomic E-state index is 11.1. The number of aromatic nitrogens is 2. The largest absolute Gasteiger partial charge is 0.490 e. The standard InChI is InChI=1S/C12H20N6O3/c1-3-4-15-11-10(21-2)12(17-7-16-11)18(5-8(13)19)6-9(14)20/h7H,3-6H2,1-2H3,(H2,13,19)(H2,14,20)(H,15,16,17). The van der Waals surface area contributed by atoms with E-state index < -0.39 is 11.8 Å². The minimum absolute atomic E-state index is 0.205. The quantitative estimate of drug-likeness (QED) is 0.536. The highest BCUT2D eigenvalue weighted by Crippen LogP contribution is 2.31. The third-order valence-electron chi connectivity index (χ3n) is 2.52. The van der Waals surface area contributed by atoms with E-state index >= 15 is 0 Å². The molecule has 0 radical (unpaired) electrons. The van der Waals surface area contributed by atoms with Crippen LogP contribution in [-0.2, 0) is 9.59 Å². The summed E-state index contributed by atoms with van der Waals surface area (Å²) in [5.74, 6) is -0.139. The van der Waals surface area contributed by atoms with Crippen LogP contribution in [0.25, 0.3) is 0 Å². The van der Waals surface area contributed by atoms with Crippen molar-refractivity contribution in [2.75, 3.05) is 37.0 Å². The fourth-order valence-corrected chi connectivity index (χ4v) is 1.73. The molecule has 5 N–H and O–H groups in total. The highest BCUT2D eigenvalue weighted by molar-refractivity contribution is 5.85. The molecular weight excluding hydrogens is 276 g/mol. The second-order valence-corrected chi connectivity index (χ2v) is 4.29. The number of nitrogens with two attached hydrogens (primary N) is 2. The van der Waals surface area contributed by atoms with Crippen molar-refractivity contribution in [2.24, 2.45) is 11.5 Å². The monoisotopic (exact) mass is 296 g/mol. The van der Waals surface area contributed by atoms with Crippen LogP contribution in [0.3, 0.4) is 0 Å². The number of carbonyl (C=O) groups is 2. The van der Waals surface area contributed by atoms with Gasteiger partial charge in [0.1, 0.15) is 6.33 Å². The highest BCUT2D eigenvalue weighted by atomic mass is 16.5. The van der Waals surface area contributed by atoms with Gasteiger partial charge in [-0.05, 0) is 6.42 Å². The van der Waals surface area contributed by atoms with Gasteiger partial charge in [0.2, 0.25) is 17.6 Å². The van der Waals surface area contributed by atoms with Crippen LogP contribution >= 0.6 is 0 Å². The molecule has 0 aliphatic carbocycles. The summed E-state index contributed by atoms with van der Waals surface area (Å²) in [6, 6.07) is 0. The molecular formula is C12H20N6O3. The molecule has 0 fully saturated rings. The molecule has 0 bridgehead atoms. The molecule has 1 rings (SSSR count). The van der Waals surface area contributed by atoms with Crippen molar-refractivity contribution < 1.29 is 14.3 Å². The van der Waals surface area contributed by atoms with E-state index in [1.165, 1.54) is 18.3 Å². The van der Waals surface area contributed by atoms with E-state index in [0.29, 0.717) is 18.1 Å². The lowest BCUT2D eigenvalue weighted by molar-refractivity contribution is -0.117. The van der Waals surface area contributed by atoms with E-state index in [9.17, 15) is 9.59 Å². The number of methoxy groups -OCH3 is 1. The lowest BCUT2D eigenvalue weighted by Gasteiger charge is -2.23. The van der Waals surface area contributed by atoms with Crippen LogP contribution in [0.5, 0.6) is 5.75 Å². The molecule has 1 heterocycles. The van der Waals surface area contributed by atoms with Crippen LogP contribution in [0.15, 0.2) is 6.33 Å². The maximum Gasteiger partial charge on any atom is 0.237 e. The fourth-order valence-electron chi connectivity index (χ4n) is 1.73. The Hall–Kier alpha value is -2.58. The van der Waals surface area contributed by atoms with Crippen LogP contribution in [-0.4, -0.2) is 48.5 Å². The van der Waals surface area contributed by atoms with Crippen molar-refractivity contribution >= 4 is 23.5 Å². The second kappa shape index (κ2) is 7.88. The van der Waals surface area contributed by atoms with Gasteiger partial charge in [0, 0.05) is 6.54 Å². The molecule has 0 saturated carbocycles. The maximum atomic E-state index is 11.1. The predicted octanol–water partition coefficient (Wildman–Crippen LogP) is -0.916. The summed E-state index contributed by atoms with van der Waals surface area (Å²) in [5.41, 5.74) is 10.4. The minimum atomic E-state index is -0.611. The Bertz CT molecular complexity index is 492. The molecule has 1 aromatic rings. The zero-order valence-electron chi connectivity index (χ0n) is 12.1. The predicted molar refractivity (Wildman–Crippen MR) is 78.0 cm³/mol. The van der Waals surface area contributed by atoms with Gasteiger partial charge in [-0.1, -0.05) is 6.92 Å². The Balaban J connectivity index is 3.16. The number of primary amides is 2. The molecule has 0 unspecified atom stereocenters. The molecule has 0 atom stereocenters. The van der Waals surface area contributed by atoms with Gasteiger partial charge in [0.25, 0.3) is 0 Å². The van der Waals surface area contributed by atoms with E-state index in [0.717, 1.165) is 6.42 Å². The first-order chi connectivity index (χ1) is 9.99. The number of hydrogen-bond acceptors (Lipinski definition) is 7. The third kappa shape index (κ3) is 4.79. The summed E-state index contributed by atoms with van der Waals surface area (Å²) in [7, 11) is 1.45. The van der Waals surface area contributed by atoms with Crippen LogP contribution < -0.4 is 26.4 Å².